The standard InChI is InChI=1S/C27H37N3O5Si.C21H23N3O5/c1-6-27-21(35-36(7-2,8-3)9-4)20(33-26(27)15-16-26)24(34-27)30-17-18(5)22(29-25(30)32)28-23(31)19-13-11-10-12-14-19;1-3-21-15(25)14(28-20(21)9-10-20)18(29-21)24-11-12(2)16(23-19(24)27)22-17(26)13-7-5-4-6-8-13/h10-14,17,20-21,24H,6-9,15-16H2,1-5H3,(H,28,29,31,32);4-8,11,14-15,18,25H,3,9-10H2,1-2H3,(H,22,23,26,27)/t20-,21?,24+,27+;14-,15?,18+,21+/m00/s1. The molecule has 4 aromatic rings. The Morgan fingerprint density at radius 3 is 1.52 bits per heavy atom. The molecule has 3 N–H and O–H groups in total. The predicted molar refractivity (Wildman–Crippen MR) is 243 cm³/mol. The number of fused-ring (bicyclic) bond motifs is 6. The lowest BCUT2D eigenvalue weighted by atomic mass is 9.88. The topological polar surface area (TPSA) is 194 Å². The van der Waals surface area contributed by atoms with Gasteiger partial charge >= 0.3 is 11.4 Å². The van der Waals surface area contributed by atoms with Crippen LogP contribution in [0.5, 0.6) is 0 Å². The molecule has 2 unspecified atom stereocenters. The summed E-state index contributed by atoms with van der Waals surface area (Å²) in [4.78, 5) is 59.3. The lowest BCUT2D eigenvalue weighted by Crippen LogP contribution is -2.53. The maximum atomic E-state index is 13.2. The van der Waals surface area contributed by atoms with Crippen molar-refractivity contribution in [1.29, 1.82) is 0 Å². The minimum Gasteiger partial charge on any atom is -0.408 e. The molecule has 346 valence electrons. The fourth-order valence-electron chi connectivity index (χ4n) is 10.9. The van der Waals surface area contributed by atoms with Crippen LogP contribution in [-0.4, -0.2) is 91.2 Å². The third kappa shape index (κ3) is 7.25. The minimum atomic E-state index is -1.95. The van der Waals surface area contributed by atoms with Crippen LogP contribution in [0, 0.1) is 13.8 Å². The van der Waals surface area contributed by atoms with Gasteiger partial charge in [0.15, 0.2) is 20.8 Å². The van der Waals surface area contributed by atoms with E-state index in [1.54, 1.807) is 67.8 Å². The second kappa shape index (κ2) is 16.8. The SMILES string of the molecule is CC[C@]12O[C@@H](n3cc(C)c(NC(=O)c4ccccc4)nc3=O)[C@@H](OC13CC3)C2O.CC[C@]12O[C@@H](n3cc(C)c(NC(=O)c4ccccc4)nc3=O)[C@@H](OC13CC3)C2O[Si](CC)(CC)CC. The molecule has 17 heteroatoms. The van der Waals surface area contributed by atoms with Crippen LogP contribution in [0.25, 0.3) is 0 Å². The number of aliphatic hydroxyl groups is 1. The summed E-state index contributed by atoms with van der Waals surface area (Å²) >= 11 is 0. The second-order valence-electron chi connectivity index (χ2n) is 18.4. The molecule has 2 saturated carbocycles. The van der Waals surface area contributed by atoms with Crippen LogP contribution in [0.1, 0.15) is 117 Å². The molecular formula is C48H60N6O10Si. The normalized spacial score (nSPS) is 29.4. The summed E-state index contributed by atoms with van der Waals surface area (Å²) in [6.07, 6.45) is 4.99. The van der Waals surface area contributed by atoms with Crippen LogP contribution in [0.15, 0.2) is 82.6 Å². The third-order valence-electron chi connectivity index (χ3n) is 15.2. The Hall–Kier alpha value is -4.88. The molecule has 4 aliphatic heterocycles. The first kappa shape index (κ1) is 45.3. The van der Waals surface area contributed by atoms with E-state index in [9.17, 15) is 24.3 Å². The van der Waals surface area contributed by atoms with Crippen LogP contribution in [-0.2, 0) is 23.4 Å². The van der Waals surface area contributed by atoms with E-state index in [4.69, 9.17) is 23.4 Å². The average Bonchev–Trinajstić information content (AvgIpc) is 4.20. The summed E-state index contributed by atoms with van der Waals surface area (Å²) in [5.74, 6) is -0.195. The van der Waals surface area contributed by atoms with Crippen LogP contribution < -0.4 is 22.0 Å². The van der Waals surface area contributed by atoms with Crippen molar-refractivity contribution in [2.45, 2.75) is 164 Å². The molecular weight excluding hydrogens is 849 g/mol. The van der Waals surface area contributed by atoms with Gasteiger partial charge in [-0.05, 0) is 94.8 Å². The zero-order valence-electron chi connectivity index (χ0n) is 38.2. The number of nitrogens with zero attached hydrogens (tertiary/aromatic N) is 4. The highest BCUT2D eigenvalue weighted by Gasteiger charge is 2.79. The van der Waals surface area contributed by atoms with Gasteiger partial charge in [0.1, 0.15) is 58.5 Å². The summed E-state index contributed by atoms with van der Waals surface area (Å²) in [6.45, 7) is 14.3. The van der Waals surface area contributed by atoms with Crippen molar-refractivity contribution in [3.63, 3.8) is 0 Å². The lowest BCUT2D eigenvalue weighted by molar-refractivity contribution is -0.226. The first-order chi connectivity index (χ1) is 31.2. The second-order valence-corrected chi connectivity index (χ2v) is 23.2. The fourth-order valence-corrected chi connectivity index (χ4v) is 13.8. The summed E-state index contributed by atoms with van der Waals surface area (Å²) in [7, 11) is -1.95. The molecule has 2 aromatic heterocycles. The predicted octanol–water partition coefficient (Wildman–Crippen LogP) is 6.58. The molecule has 65 heavy (non-hydrogen) atoms. The van der Waals surface area contributed by atoms with E-state index in [0.717, 1.165) is 50.2 Å². The Morgan fingerprint density at radius 2 is 1.09 bits per heavy atom. The highest BCUT2D eigenvalue weighted by Crippen LogP contribution is 2.67. The highest BCUT2D eigenvalue weighted by molar-refractivity contribution is 6.73. The van der Waals surface area contributed by atoms with Gasteiger partial charge in [-0.1, -0.05) is 71.0 Å². The molecule has 4 saturated heterocycles. The summed E-state index contributed by atoms with van der Waals surface area (Å²) in [5.41, 5.74) is -0.850. The van der Waals surface area contributed by atoms with E-state index < -0.39 is 61.2 Å². The van der Waals surface area contributed by atoms with Gasteiger partial charge in [-0.2, -0.15) is 9.97 Å². The number of ether oxygens (including phenoxy) is 4. The van der Waals surface area contributed by atoms with E-state index in [0.29, 0.717) is 28.7 Å². The number of benzene rings is 2. The Morgan fingerprint density at radius 1 is 0.677 bits per heavy atom. The third-order valence-corrected chi connectivity index (χ3v) is 19.8. The van der Waals surface area contributed by atoms with Gasteiger partial charge in [-0.3, -0.25) is 18.7 Å². The smallest absolute Gasteiger partial charge is 0.351 e. The van der Waals surface area contributed by atoms with Crippen molar-refractivity contribution in [3.8, 4) is 0 Å². The number of anilines is 2. The van der Waals surface area contributed by atoms with Gasteiger partial charge < -0.3 is 39.1 Å². The summed E-state index contributed by atoms with van der Waals surface area (Å²) in [6, 6.07) is 20.7. The summed E-state index contributed by atoms with van der Waals surface area (Å²) < 4.78 is 35.8. The number of nitrogens with one attached hydrogen (secondary N) is 2. The maximum absolute atomic E-state index is 13.2. The molecule has 16 nitrogen and oxygen atoms in total. The van der Waals surface area contributed by atoms with Gasteiger partial charge in [-0.15, -0.1) is 0 Å². The molecule has 6 aliphatic rings. The molecule has 6 heterocycles. The van der Waals surface area contributed by atoms with Crippen molar-refractivity contribution in [1.82, 2.24) is 19.1 Å². The largest absolute Gasteiger partial charge is 0.408 e. The number of carbonyl (C=O) groups is 2. The Labute approximate surface area is 379 Å². The van der Waals surface area contributed by atoms with Gasteiger partial charge in [0.25, 0.3) is 11.8 Å². The number of aliphatic hydroxyl groups excluding tert-OH is 1. The average molecular weight is 909 g/mol. The van der Waals surface area contributed by atoms with E-state index in [-0.39, 0.29) is 41.3 Å². The van der Waals surface area contributed by atoms with Gasteiger partial charge in [0.2, 0.25) is 0 Å². The van der Waals surface area contributed by atoms with Crippen LogP contribution in [0.3, 0.4) is 0 Å². The molecule has 2 aromatic carbocycles. The van der Waals surface area contributed by atoms with Crippen LogP contribution in [0.4, 0.5) is 11.6 Å². The van der Waals surface area contributed by atoms with Crippen molar-refractivity contribution >= 4 is 31.8 Å². The summed E-state index contributed by atoms with van der Waals surface area (Å²) in [5, 5.41) is 16.3. The number of hydrogen-bond acceptors (Lipinski definition) is 12. The molecule has 2 spiro atoms. The monoisotopic (exact) mass is 908 g/mol. The van der Waals surface area contributed by atoms with E-state index in [1.807, 2.05) is 26.0 Å². The molecule has 10 rings (SSSR count). The Balaban J connectivity index is 0.000000168. The number of aryl methyl sites for hydroxylation is 2. The molecule has 2 aliphatic carbocycles. The number of hydrogen-bond donors (Lipinski definition) is 3. The first-order valence-corrected chi connectivity index (χ1v) is 25.7. The number of rotatable bonds is 13. The van der Waals surface area contributed by atoms with Crippen LogP contribution >= 0.6 is 0 Å². The van der Waals surface area contributed by atoms with E-state index in [2.05, 4.69) is 48.3 Å². The molecule has 2 amide bonds. The number of amides is 2. The zero-order valence-corrected chi connectivity index (χ0v) is 39.2. The van der Waals surface area contributed by atoms with Gasteiger partial charge in [-0.25, -0.2) is 9.59 Å². The molecule has 4 bridgehead atoms. The van der Waals surface area contributed by atoms with E-state index in [1.165, 1.54) is 9.13 Å². The lowest BCUT2D eigenvalue weighted by Gasteiger charge is -2.40. The van der Waals surface area contributed by atoms with Crippen molar-refractivity contribution in [2.24, 2.45) is 0 Å². The fraction of sp³-hybridized carbons (Fsp3) is 0.542. The molecule has 6 fully saturated rings. The zero-order chi connectivity index (χ0) is 46.1. The number of carbonyl (C=O) groups excluding carboxylic acids is 2. The molecule has 8 atom stereocenters. The van der Waals surface area contributed by atoms with Crippen molar-refractivity contribution in [2.75, 3.05) is 10.6 Å². The van der Waals surface area contributed by atoms with Crippen LogP contribution in [0.2, 0.25) is 18.1 Å². The van der Waals surface area contributed by atoms with Crippen molar-refractivity contribution in [3.05, 3.63) is 116 Å². The van der Waals surface area contributed by atoms with Gasteiger partial charge in [0, 0.05) is 34.6 Å². The van der Waals surface area contributed by atoms with Crippen molar-refractivity contribution < 1.29 is 38.1 Å². The number of aromatic nitrogens is 4. The maximum Gasteiger partial charge on any atom is 0.351 e. The highest BCUT2D eigenvalue weighted by atomic mass is 28.4. The Bertz CT molecular complexity index is 2570. The minimum absolute atomic E-state index is 0.202. The first-order valence-electron chi connectivity index (χ1n) is 23.2. The van der Waals surface area contributed by atoms with Gasteiger partial charge in [0.05, 0.1) is 0 Å². The quantitative estimate of drug-likeness (QED) is 0.122. The Kier molecular flexibility index (Phi) is 11.7. The molecule has 0 radical (unpaired) electrons. The van der Waals surface area contributed by atoms with E-state index >= 15 is 0 Å².